The fourth-order valence-corrected chi connectivity index (χ4v) is 8.19. The van der Waals surface area contributed by atoms with Crippen LogP contribution in [0.3, 0.4) is 0 Å². The van der Waals surface area contributed by atoms with Crippen LogP contribution in [0.25, 0.3) is 11.6 Å². The van der Waals surface area contributed by atoms with Crippen LogP contribution in [0.5, 0.6) is 0 Å². The minimum atomic E-state index is -0.799. The number of aryl methyl sites for hydroxylation is 1. The van der Waals surface area contributed by atoms with E-state index in [0.29, 0.717) is 79.1 Å². The molecule has 84 heavy (non-hydrogen) atoms. The smallest absolute Gasteiger partial charge is 0.408 e. The Morgan fingerprint density at radius 2 is 1.11 bits per heavy atom. The van der Waals surface area contributed by atoms with Crippen LogP contribution in [-0.4, -0.2) is 228 Å². The number of rotatable bonds is 5. The summed E-state index contributed by atoms with van der Waals surface area (Å²) in [6, 6.07) is 0.538. The molecule has 30 heteroatoms. The molecule has 0 spiro atoms. The molecule has 2 aromatic rings. The molecular weight excluding hydrogens is 1120 g/mol. The van der Waals surface area contributed by atoms with Crippen molar-refractivity contribution in [2.45, 2.75) is 116 Å². The van der Waals surface area contributed by atoms with Crippen molar-refractivity contribution in [3.8, 4) is 0 Å². The Hall–Kier alpha value is -8.34. The van der Waals surface area contributed by atoms with Gasteiger partial charge in [-0.1, -0.05) is 0 Å². The minimum Gasteiger partial charge on any atom is -0.444 e. The number of aromatic nitrogens is 1. The van der Waals surface area contributed by atoms with Gasteiger partial charge in [0.15, 0.2) is 0 Å². The second-order valence-electron chi connectivity index (χ2n) is 22.5. The first-order valence-corrected chi connectivity index (χ1v) is 26.9. The lowest BCUT2D eigenvalue weighted by molar-refractivity contribution is -0.128. The van der Waals surface area contributed by atoms with Crippen molar-refractivity contribution in [1.29, 1.82) is 0 Å². The van der Waals surface area contributed by atoms with Crippen LogP contribution >= 0.6 is 11.6 Å². The van der Waals surface area contributed by atoms with Crippen molar-refractivity contribution < 1.29 is 71.4 Å². The number of carbonyl (C=O) groups is 12. The number of nitrogens with one attached hydrogen (secondary N) is 6. The summed E-state index contributed by atoms with van der Waals surface area (Å²) in [6.07, 6.45) is 2.31. The van der Waals surface area contributed by atoms with E-state index in [0.717, 1.165) is 9.80 Å². The van der Waals surface area contributed by atoms with Gasteiger partial charge < -0.3 is 66.4 Å². The number of nitrogens with zero attached hydrogens (tertiary/aromatic N) is 7. The molecule has 1 aromatic carbocycles. The quantitative estimate of drug-likeness (QED) is 0.128. The lowest BCUT2D eigenvalue weighted by atomic mass is 10.0. The van der Waals surface area contributed by atoms with E-state index in [9.17, 15) is 61.9 Å². The molecule has 28 nitrogen and oxygen atoms in total. The number of hydrogen-bond acceptors (Lipinski definition) is 15. The topological polar surface area (TPSA) is 348 Å². The van der Waals surface area contributed by atoms with E-state index in [-0.39, 0.29) is 41.9 Å². The number of ether oxygens (including phenoxy) is 2. The molecule has 6 heterocycles. The second-order valence-corrected chi connectivity index (χ2v) is 22.8. The average molecular weight is 1200 g/mol. The number of carbonyl (C=O) groups excluding carboxylic acids is 12. The number of amides is 15. The van der Waals surface area contributed by atoms with Crippen LogP contribution in [0, 0.1) is 19.7 Å². The highest BCUT2D eigenvalue weighted by atomic mass is 35.5. The van der Waals surface area contributed by atoms with Gasteiger partial charge in [-0.2, -0.15) is 0 Å². The third-order valence-corrected chi connectivity index (χ3v) is 12.7. The Morgan fingerprint density at radius 3 is 1.51 bits per heavy atom. The van der Waals surface area contributed by atoms with Gasteiger partial charge in [-0.3, -0.25) is 48.3 Å². The first-order chi connectivity index (χ1) is 38.8. The van der Waals surface area contributed by atoms with Gasteiger partial charge in [-0.15, -0.1) is 0 Å². The molecule has 0 bridgehead atoms. The van der Waals surface area contributed by atoms with E-state index >= 15 is 0 Å². The monoisotopic (exact) mass is 1200 g/mol. The number of aromatic amines is 1. The van der Waals surface area contributed by atoms with Gasteiger partial charge in [-0.25, -0.2) is 28.4 Å². The number of halogens is 2. The SMILES string of the molecule is CC(C)(C)OC(=O)N[C@H]1CCNC1=O.CN(C)C(=O)Cl.CN(C)C(=O)N1CC[C@H](N)C1=O.CN(C)C(=O)N1CC[C@H](NC(=O)OC(C)(C)C)C1=O.Cc1[nH]c(/C=C2\C(=O)Nc3ccc(F)cc32)c(C)c1C(=O)N[C@H]1CCN(C(=O)N(C)C)C1=O. The Balaban J connectivity index is 0.000000307. The van der Waals surface area contributed by atoms with E-state index in [1.54, 1.807) is 118 Å². The summed E-state index contributed by atoms with van der Waals surface area (Å²) < 4.78 is 23.8. The maximum Gasteiger partial charge on any atom is 0.408 e. The molecule has 7 rings (SSSR count). The summed E-state index contributed by atoms with van der Waals surface area (Å²) in [5, 5.41) is 12.6. The molecule has 4 saturated heterocycles. The number of imide groups is 3. The van der Waals surface area contributed by atoms with Crippen molar-refractivity contribution in [2.75, 3.05) is 87.9 Å². The van der Waals surface area contributed by atoms with Crippen molar-refractivity contribution in [1.82, 2.24) is 60.6 Å². The molecule has 15 amide bonds. The van der Waals surface area contributed by atoms with Crippen molar-refractivity contribution >= 4 is 100 Å². The van der Waals surface area contributed by atoms with Gasteiger partial charge in [0, 0.05) is 105 Å². The summed E-state index contributed by atoms with van der Waals surface area (Å²) in [5.41, 5.74) is 7.56. The van der Waals surface area contributed by atoms with Gasteiger partial charge >= 0.3 is 35.6 Å². The lowest BCUT2D eigenvalue weighted by Crippen LogP contribution is -2.47. The van der Waals surface area contributed by atoms with Crippen LogP contribution in [-0.2, 0) is 33.4 Å². The Bertz CT molecular complexity index is 2880. The summed E-state index contributed by atoms with van der Waals surface area (Å²) >= 11 is 4.90. The third-order valence-electron chi connectivity index (χ3n) is 12.3. The Labute approximate surface area is 492 Å². The van der Waals surface area contributed by atoms with Gasteiger partial charge in [-0.05, 0) is 123 Å². The van der Waals surface area contributed by atoms with Gasteiger partial charge in [0.25, 0.3) is 23.6 Å². The fourth-order valence-electron chi connectivity index (χ4n) is 8.19. The molecule has 4 fully saturated rings. The van der Waals surface area contributed by atoms with Crippen molar-refractivity contribution in [3.63, 3.8) is 0 Å². The fraction of sp³-hybridized carbons (Fsp3) is 0.556. The number of urea groups is 3. The molecule has 5 aliphatic heterocycles. The predicted octanol–water partition coefficient (Wildman–Crippen LogP) is 3.60. The Morgan fingerprint density at radius 1 is 0.667 bits per heavy atom. The minimum absolute atomic E-state index is 0.143. The Kier molecular flexibility index (Phi) is 24.8. The van der Waals surface area contributed by atoms with Crippen LogP contribution in [0.4, 0.5) is 38.8 Å². The van der Waals surface area contributed by atoms with Crippen LogP contribution in [0.1, 0.15) is 100 Å². The zero-order valence-corrected chi connectivity index (χ0v) is 51.2. The molecule has 0 unspecified atom stereocenters. The van der Waals surface area contributed by atoms with E-state index in [1.807, 2.05) is 0 Å². The zero-order chi connectivity index (χ0) is 64.0. The molecule has 4 atom stereocenters. The van der Waals surface area contributed by atoms with E-state index in [2.05, 4.69) is 31.6 Å². The molecule has 0 aliphatic carbocycles. The molecular formula is C54H80ClFN14O14. The maximum absolute atomic E-state index is 13.7. The molecule has 1 aromatic heterocycles. The van der Waals surface area contributed by atoms with Gasteiger partial charge in [0.05, 0.1) is 17.2 Å². The first kappa shape index (κ1) is 69.9. The van der Waals surface area contributed by atoms with Crippen LogP contribution in [0.2, 0.25) is 0 Å². The molecule has 0 saturated carbocycles. The largest absolute Gasteiger partial charge is 0.444 e. The highest BCUT2D eigenvalue weighted by molar-refractivity contribution is 6.62. The van der Waals surface area contributed by atoms with Gasteiger partial charge in [0.2, 0.25) is 11.8 Å². The molecule has 5 aliphatic rings. The predicted molar refractivity (Wildman–Crippen MR) is 308 cm³/mol. The van der Waals surface area contributed by atoms with E-state index < -0.39 is 82.5 Å². The van der Waals surface area contributed by atoms with E-state index in [1.165, 1.54) is 42.7 Å². The maximum atomic E-state index is 13.7. The first-order valence-electron chi connectivity index (χ1n) is 26.6. The lowest BCUT2D eigenvalue weighted by Gasteiger charge is -2.22. The highest BCUT2D eigenvalue weighted by Crippen LogP contribution is 2.34. The summed E-state index contributed by atoms with van der Waals surface area (Å²) in [6.45, 7) is 15.6. The number of likely N-dealkylation sites (tertiary alicyclic amines) is 3. The van der Waals surface area contributed by atoms with E-state index in [4.69, 9.17) is 26.8 Å². The highest BCUT2D eigenvalue weighted by Gasteiger charge is 2.40. The van der Waals surface area contributed by atoms with Crippen molar-refractivity contribution in [3.05, 3.63) is 52.1 Å². The summed E-state index contributed by atoms with van der Waals surface area (Å²) in [4.78, 5) is 152. The van der Waals surface area contributed by atoms with Crippen molar-refractivity contribution in [2.24, 2.45) is 5.73 Å². The zero-order valence-electron chi connectivity index (χ0n) is 50.5. The number of H-pyrrole nitrogens is 1. The third kappa shape index (κ3) is 19.9. The number of alkyl carbamates (subject to hydrolysis) is 2. The standard InChI is InChI=1S/C23H24FN5O4.C12H21N3O4.C9H16N2O3.C7H13N3O2.C3H6ClNO/c1-11-18(10-15-14-9-13(24)5-6-16(14)26-20(15)30)25-12(2)19(11)21(31)27-17-7-8-29(22(17)32)23(33)28(3)4;1-12(2,3)19-10(17)13-8-6-7-15(9(8)16)11(18)14(4)5;1-9(2,3)14-8(13)11-6-4-5-10-7(6)12;1-9(2)7(12)10-4-3-5(8)6(10)11;1-5(2)3(4)6/h5-6,9-10,17,25H,7-8H2,1-4H3,(H,26,30)(H,27,31);8H,6-7H2,1-5H3,(H,13,17);6H,4-5H2,1-3H3,(H,10,12)(H,11,13);5H,3-4,8H2,1-2H3;1-2H3/b15-10-;;;;/t17-;8-;6-;5-;/m0000./s1. The summed E-state index contributed by atoms with van der Waals surface area (Å²) in [5.74, 6) is -2.54. The number of benzene rings is 1. The number of nitrogens with two attached hydrogens (primary N) is 1. The normalized spacial score (nSPS) is 19.1. The molecule has 464 valence electrons. The van der Waals surface area contributed by atoms with Gasteiger partial charge in [0.1, 0.15) is 35.1 Å². The number of hydrogen-bond donors (Lipinski definition) is 7. The average Bonchev–Trinajstić information content (AvgIpc) is 3.02. The molecule has 0 radical (unpaired) electrons. The second kappa shape index (κ2) is 29.8. The van der Waals surface area contributed by atoms with Crippen LogP contribution < -0.4 is 32.3 Å². The number of fused-ring (bicyclic) bond motifs is 1. The summed E-state index contributed by atoms with van der Waals surface area (Å²) in [7, 11) is 12.7. The number of anilines is 1. The molecule has 8 N–H and O–H groups in total. The van der Waals surface area contributed by atoms with Crippen LogP contribution in [0.15, 0.2) is 18.2 Å².